The summed E-state index contributed by atoms with van der Waals surface area (Å²) in [6.07, 6.45) is 3.56. The van der Waals surface area contributed by atoms with Crippen molar-refractivity contribution in [1.29, 1.82) is 0 Å². The van der Waals surface area contributed by atoms with Crippen molar-refractivity contribution in [3.63, 3.8) is 0 Å². The van der Waals surface area contributed by atoms with E-state index in [-0.39, 0.29) is 0 Å². The van der Waals surface area contributed by atoms with Gasteiger partial charge in [-0.25, -0.2) is 0 Å². The molecule has 0 spiro atoms. The minimum atomic E-state index is 0.759. The monoisotopic (exact) mass is 211 g/mol. The maximum absolute atomic E-state index is 10.6. The Labute approximate surface area is 91.8 Å². The number of piperidine rings is 1. The minimum Gasteiger partial charge on any atom is -0.343 e. The quantitative estimate of drug-likeness (QED) is 0.595. The maximum atomic E-state index is 10.6. The zero-order chi connectivity index (χ0) is 10.7. The first kappa shape index (κ1) is 10.9. The standard InChI is InChI=1S/C11H21N3O/c1-12-4-2-11(3-5-12)14-8-6-13(10-15)7-9-14/h10-11H,2-9H2,1H3. The lowest BCUT2D eigenvalue weighted by Gasteiger charge is -2.41. The third-order valence-electron chi connectivity index (χ3n) is 3.70. The molecule has 0 unspecified atom stereocenters. The topological polar surface area (TPSA) is 26.8 Å². The molecule has 4 nitrogen and oxygen atoms in total. The molecule has 0 radical (unpaired) electrons. The van der Waals surface area contributed by atoms with Crippen molar-refractivity contribution >= 4 is 6.41 Å². The highest BCUT2D eigenvalue weighted by Gasteiger charge is 2.25. The highest BCUT2D eigenvalue weighted by Crippen LogP contribution is 2.16. The van der Waals surface area contributed by atoms with Gasteiger partial charge in [0.05, 0.1) is 0 Å². The lowest BCUT2D eigenvalue weighted by atomic mass is 10.0. The van der Waals surface area contributed by atoms with Gasteiger partial charge in [-0.1, -0.05) is 0 Å². The zero-order valence-corrected chi connectivity index (χ0v) is 9.56. The van der Waals surface area contributed by atoms with Crippen molar-refractivity contribution in [2.75, 3.05) is 46.3 Å². The minimum absolute atomic E-state index is 0.759. The molecule has 0 aromatic rings. The average Bonchev–Trinajstić information content (AvgIpc) is 2.30. The van der Waals surface area contributed by atoms with E-state index in [1.54, 1.807) is 0 Å². The van der Waals surface area contributed by atoms with Gasteiger partial charge >= 0.3 is 0 Å². The van der Waals surface area contributed by atoms with Crippen molar-refractivity contribution in [3.8, 4) is 0 Å². The molecule has 2 heterocycles. The van der Waals surface area contributed by atoms with E-state index in [2.05, 4.69) is 16.8 Å². The largest absolute Gasteiger partial charge is 0.343 e. The van der Waals surface area contributed by atoms with E-state index in [0.29, 0.717) is 0 Å². The molecule has 4 heteroatoms. The van der Waals surface area contributed by atoms with Crippen LogP contribution in [0.25, 0.3) is 0 Å². The van der Waals surface area contributed by atoms with Crippen LogP contribution in [0.2, 0.25) is 0 Å². The summed E-state index contributed by atoms with van der Waals surface area (Å²) >= 11 is 0. The molecule has 2 aliphatic heterocycles. The van der Waals surface area contributed by atoms with Crippen molar-refractivity contribution in [3.05, 3.63) is 0 Å². The predicted molar refractivity (Wildman–Crippen MR) is 59.7 cm³/mol. The van der Waals surface area contributed by atoms with E-state index in [1.807, 2.05) is 4.90 Å². The van der Waals surface area contributed by atoms with Gasteiger partial charge in [-0.15, -0.1) is 0 Å². The molecular weight excluding hydrogens is 190 g/mol. The molecular formula is C11H21N3O. The number of hydrogen-bond acceptors (Lipinski definition) is 3. The number of carbonyl (C=O) groups excluding carboxylic acids is 1. The van der Waals surface area contributed by atoms with Crippen LogP contribution >= 0.6 is 0 Å². The molecule has 2 saturated heterocycles. The Hall–Kier alpha value is -0.610. The fourth-order valence-electron chi connectivity index (χ4n) is 2.57. The summed E-state index contributed by atoms with van der Waals surface area (Å²) in [5.74, 6) is 0. The molecule has 0 aromatic heterocycles. The van der Waals surface area contributed by atoms with Gasteiger partial charge in [-0.05, 0) is 33.0 Å². The second-order valence-electron chi connectivity index (χ2n) is 4.71. The van der Waals surface area contributed by atoms with Crippen LogP contribution < -0.4 is 0 Å². The molecule has 0 atom stereocenters. The molecule has 0 aromatic carbocycles. The summed E-state index contributed by atoms with van der Waals surface area (Å²) in [7, 11) is 2.19. The average molecular weight is 211 g/mol. The zero-order valence-electron chi connectivity index (χ0n) is 9.56. The summed E-state index contributed by atoms with van der Waals surface area (Å²) in [6, 6.07) is 0.759. The highest BCUT2D eigenvalue weighted by atomic mass is 16.1. The third-order valence-corrected chi connectivity index (χ3v) is 3.70. The third kappa shape index (κ3) is 2.69. The Morgan fingerprint density at radius 1 is 1.00 bits per heavy atom. The number of amides is 1. The van der Waals surface area contributed by atoms with E-state index in [4.69, 9.17) is 0 Å². The fraction of sp³-hybridized carbons (Fsp3) is 0.909. The molecule has 1 amide bonds. The Morgan fingerprint density at radius 3 is 2.13 bits per heavy atom. The molecule has 2 rings (SSSR count). The molecule has 0 N–H and O–H groups in total. The highest BCUT2D eigenvalue weighted by molar-refractivity contribution is 5.47. The van der Waals surface area contributed by atoms with Gasteiger partial charge in [-0.2, -0.15) is 0 Å². The molecule has 0 bridgehead atoms. The lowest BCUT2D eigenvalue weighted by Crippen LogP contribution is -2.52. The number of rotatable bonds is 2. The van der Waals surface area contributed by atoms with Crippen LogP contribution in [0.1, 0.15) is 12.8 Å². The van der Waals surface area contributed by atoms with Gasteiger partial charge < -0.3 is 9.80 Å². The first-order valence-corrected chi connectivity index (χ1v) is 5.91. The van der Waals surface area contributed by atoms with Crippen LogP contribution in [-0.4, -0.2) is 73.5 Å². The molecule has 15 heavy (non-hydrogen) atoms. The summed E-state index contributed by atoms with van der Waals surface area (Å²) in [6.45, 7) is 6.39. The molecule has 0 saturated carbocycles. The first-order valence-electron chi connectivity index (χ1n) is 5.91. The number of carbonyl (C=O) groups is 1. The smallest absolute Gasteiger partial charge is 0.209 e. The van der Waals surface area contributed by atoms with E-state index < -0.39 is 0 Å². The van der Waals surface area contributed by atoms with Crippen molar-refractivity contribution in [1.82, 2.24) is 14.7 Å². The van der Waals surface area contributed by atoms with Crippen LogP contribution in [0, 0.1) is 0 Å². The number of hydrogen-bond donors (Lipinski definition) is 0. The molecule has 2 aliphatic rings. The van der Waals surface area contributed by atoms with Gasteiger partial charge in [0.2, 0.25) is 6.41 Å². The number of nitrogens with zero attached hydrogens (tertiary/aromatic N) is 3. The van der Waals surface area contributed by atoms with E-state index in [1.165, 1.54) is 25.9 Å². The van der Waals surface area contributed by atoms with Gasteiger partial charge in [0.25, 0.3) is 0 Å². The SMILES string of the molecule is CN1CCC(N2CCN(C=O)CC2)CC1. The van der Waals surface area contributed by atoms with E-state index in [9.17, 15) is 4.79 Å². The van der Waals surface area contributed by atoms with Crippen LogP contribution in [0.4, 0.5) is 0 Å². The molecule has 86 valence electrons. The maximum Gasteiger partial charge on any atom is 0.209 e. The van der Waals surface area contributed by atoms with Crippen LogP contribution in [0.15, 0.2) is 0 Å². The second-order valence-corrected chi connectivity index (χ2v) is 4.71. The predicted octanol–water partition coefficient (Wildman–Crippen LogP) is -0.145. The summed E-state index contributed by atoms with van der Waals surface area (Å²) in [4.78, 5) is 17.4. The Kier molecular flexibility index (Phi) is 3.59. The van der Waals surface area contributed by atoms with Crippen LogP contribution in [-0.2, 0) is 4.79 Å². The van der Waals surface area contributed by atoms with Crippen LogP contribution in [0.5, 0.6) is 0 Å². The van der Waals surface area contributed by atoms with Gasteiger partial charge in [0, 0.05) is 32.2 Å². The Balaban J connectivity index is 1.78. The second kappa shape index (κ2) is 4.94. The Morgan fingerprint density at radius 2 is 1.60 bits per heavy atom. The van der Waals surface area contributed by atoms with Crippen molar-refractivity contribution in [2.45, 2.75) is 18.9 Å². The van der Waals surface area contributed by atoms with Gasteiger partial charge in [0.15, 0.2) is 0 Å². The molecule has 2 fully saturated rings. The van der Waals surface area contributed by atoms with Gasteiger partial charge in [-0.3, -0.25) is 9.69 Å². The summed E-state index contributed by atoms with van der Waals surface area (Å²) in [5, 5.41) is 0. The first-order chi connectivity index (χ1) is 7.29. The lowest BCUT2D eigenvalue weighted by molar-refractivity contribution is -0.120. The van der Waals surface area contributed by atoms with Crippen molar-refractivity contribution in [2.24, 2.45) is 0 Å². The molecule has 0 aliphatic carbocycles. The van der Waals surface area contributed by atoms with E-state index >= 15 is 0 Å². The van der Waals surface area contributed by atoms with E-state index in [0.717, 1.165) is 38.6 Å². The fourth-order valence-corrected chi connectivity index (χ4v) is 2.57. The Bertz CT molecular complexity index is 206. The summed E-state index contributed by atoms with van der Waals surface area (Å²) in [5.41, 5.74) is 0. The van der Waals surface area contributed by atoms with Crippen molar-refractivity contribution < 1.29 is 4.79 Å². The number of piperazine rings is 1. The van der Waals surface area contributed by atoms with Gasteiger partial charge in [0.1, 0.15) is 0 Å². The normalized spacial score (nSPS) is 26.9. The van der Waals surface area contributed by atoms with Crippen LogP contribution in [0.3, 0.4) is 0 Å². The summed E-state index contributed by atoms with van der Waals surface area (Å²) < 4.78 is 0. The number of likely N-dealkylation sites (tertiary alicyclic amines) is 1.